The predicted octanol–water partition coefficient (Wildman–Crippen LogP) is 11.4. The minimum atomic E-state index is 0.575. The smallest absolute Gasteiger partial charge is 0.235 e. The van der Waals surface area contributed by atoms with E-state index < -0.39 is 0 Å². The Bertz CT molecular complexity index is 2870. The average Bonchev–Trinajstić information content (AvgIpc) is 3.79. The fourth-order valence-electron chi connectivity index (χ4n) is 7.24. The molecule has 0 amide bonds. The van der Waals surface area contributed by atoms with E-state index in [2.05, 4.69) is 130 Å². The van der Waals surface area contributed by atoms with Crippen molar-refractivity contribution in [1.29, 1.82) is 0 Å². The molecule has 0 unspecified atom stereocenters. The van der Waals surface area contributed by atoms with Gasteiger partial charge in [-0.2, -0.15) is 0 Å². The van der Waals surface area contributed by atoms with Crippen LogP contribution in [-0.4, -0.2) is 24.5 Å². The fourth-order valence-corrected chi connectivity index (χ4v) is 7.24. The predicted molar refractivity (Wildman–Crippen MR) is 209 cm³/mol. The van der Waals surface area contributed by atoms with Crippen LogP contribution in [0.15, 0.2) is 181 Å². The van der Waals surface area contributed by atoms with Gasteiger partial charge in [0.2, 0.25) is 5.95 Å². The molecule has 0 bridgehead atoms. The van der Waals surface area contributed by atoms with E-state index in [1.54, 1.807) is 12.4 Å². The van der Waals surface area contributed by atoms with Crippen LogP contribution >= 0.6 is 0 Å². The van der Waals surface area contributed by atoms with Crippen LogP contribution in [0.3, 0.4) is 0 Å². The standard InChI is InChI=1S/C46H29N5O/c1-3-9-34(10-4-1)42-37-19-20-41-43(45(37)52-44(42)35-11-5-2-6-12-35)36-13-7-8-14-40(36)51(41)46-49-38(29-39(50-46)33-23-27-48-28-24-33)32-17-15-30(16-18-32)31-21-25-47-26-22-31/h1-29H. The lowest BCUT2D eigenvalue weighted by Gasteiger charge is -2.12. The minimum Gasteiger partial charge on any atom is -0.455 e. The third-order valence-corrected chi connectivity index (χ3v) is 9.67. The Hall–Kier alpha value is -7.18. The maximum Gasteiger partial charge on any atom is 0.235 e. The molecule has 0 aliphatic carbocycles. The molecule has 0 saturated heterocycles. The maximum absolute atomic E-state index is 6.98. The van der Waals surface area contributed by atoms with Crippen molar-refractivity contribution in [3.05, 3.63) is 176 Å². The molecule has 6 heteroatoms. The van der Waals surface area contributed by atoms with Gasteiger partial charge in [-0.25, -0.2) is 9.97 Å². The summed E-state index contributed by atoms with van der Waals surface area (Å²) >= 11 is 0. The molecule has 10 aromatic rings. The molecule has 52 heavy (non-hydrogen) atoms. The monoisotopic (exact) mass is 667 g/mol. The van der Waals surface area contributed by atoms with Crippen molar-refractivity contribution in [3.63, 3.8) is 0 Å². The van der Waals surface area contributed by atoms with E-state index in [9.17, 15) is 0 Å². The van der Waals surface area contributed by atoms with Gasteiger partial charge in [0.25, 0.3) is 0 Å². The van der Waals surface area contributed by atoms with Crippen molar-refractivity contribution in [2.75, 3.05) is 0 Å². The molecular formula is C46H29N5O. The van der Waals surface area contributed by atoms with Crippen LogP contribution in [0.5, 0.6) is 0 Å². The summed E-state index contributed by atoms with van der Waals surface area (Å²) in [6, 6.07) is 52.2. The second kappa shape index (κ2) is 12.3. The van der Waals surface area contributed by atoms with Gasteiger partial charge in [0, 0.05) is 57.8 Å². The molecule has 5 aromatic heterocycles. The summed E-state index contributed by atoms with van der Waals surface area (Å²) in [4.78, 5) is 18.9. The van der Waals surface area contributed by atoms with Gasteiger partial charge in [-0.15, -0.1) is 0 Å². The summed E-state index contributed by atoms with van der Waals surface area (Å²) in [7, 11) is 0. The molecule has 0 saturated carbocycles. The fraction of sp³-hybridized carbons (Fsp3) is 0. The van der Waals surface area contributed by atoms with Crippen LogP contribution in [0, 0.1) is 0 Å². The van der Waals surface area contributed by atoms with E-state index in [0.29, 0.717) is 5.95 Å². The number of aromatic nitrogens is 5. The average molecular weight is 668 g/mol. The molecule has 5 aromatic carbocycles. The first-order valence-electron chi connectivity index (χ1n) is 17.2. The first-order chi connectivity index (χ1) is 25.8. The van der Waals surface area contributed by atoms with E-state index in [0.717, 1.165) is 88.9 Å². The van der Waals surface area contributed by atoms with Crippen LogP contribution in [0.1, 0.15) is 0 Å². The number of fused-ring (bicyclic) bond motifs is 5. The van der Waals surface area contributed by atoms with Crippen molar-refractivity contribution in [1.82, 2.24) is 24.5 Å². The van der Waals surface area contributed by atoms with Gasteiger partial charge >= 0.3 is 0 Å². The number of furan rings is 1. The highest BCUT2D eigenvalue weighted by atomic mass is 16.3. The van der Waals surface area contributed by atoms with Gasteiger partial charge in [-0.05, 0) is 65.2 Å². The molecule has 0 atom stereocenters. The third kappa shape index (κ3) is 4.96. The lowest BCUT2D eigenvalue weighted by Crippen LogP contribution is -2.04. The van der Waals surface area contributed by atoms with Crippen LogP contribution in [0.4, 0.5) is 0 Å². The van der Waals surface area contributed by atoms with Crippen LogP contribution in [0.25, 0.3) is 94.8 Å². The zero-order valence-electron chi connectivity index (χ0n) is 27.9. The lowest BCUT2D eigenvalue weighted by atomic mass is 9.98. The summed E-state index contributed by atoms with van der Waals surface area (Å²) in [5.41, 5.74) is 11.8. The zero-order valence-corrected chi connectivity index (χ0v) is 27.9. The zero-order chi connectivity index (χ0) is 34.4. The molecule has 0 radical (unpaired) electrons. The Morgan fingerprint density at radius 3 is 1.67 bits per heavy atom. The summed E-state index contributed by atoms with van der Waals surface area (Å²) in [6.07, 6.45) is 7.22. The molecule has 0 aliphatic rings. The number of pyridine rings is 2. The Kier molecular flexibility index (Phi) is 7.03. The molecule has 6 nitrogen and oxygen atoms in total. The second-order valence-electron chi connectivity index (χ2n) is 12.7. The summed E-state index contributed by atoms with van der Waals surface area (Å²) in [6.45, 7) is 0. The Labute approximate surface area is 299 Å². The van der Waals surface area contributed by atoms with Gasteiger partial charge in [0.15, 0.2) is 0 Å². The van der Waals surface area contributed by atoms with Crippen molar-refractivity contribution < 1.29 is 4.42 Å². The number of hydrogen-bond acceptors (Lipinski definition) is 5. The van der Waals surface area contributed by atoms with Gasteiger partial charge in [0.1, 0.15) is 11.3 Å². The lowest BCUT2D eigenvalue weighted by molar-refractivity contribution is 0.636. The SMILES string of the molecule is c1ccc(-c2oc3c(ccc4c3c3ccccc3n4-c3nc(-c4ccncc4)cc(-c4ccc(-c5ccncc5)cc4)n3)c2-c2ccccc2)cc1. The molecule has 0 fully saturated rings. The Balaban J connectivity index is 1.23. The minimum absolute atomic E-state index is 0.575. The van der Waals surface area contributed by atoms with E-state index >= 15 is 0 Å². The molecule has 0 N–H and O–H groups in total. The highest BCUT2D eigenvalue weighted by Gasteiger charge is 2.24. The number of rotatable bonds is 6. The van der Waals surface area contributed by atoms with E-state index in [1.165, 1.54) is 0 Å². The van der Waals surface area contributed by atoms with E-state index in [4.69, 9.17) is 14.4 Å². The molecular weight excluding hydrogens is 639 g/mol. The van der Waals surface area contributed by atoms with Gasteiger partial charge in [0.05, 0.1) is 27.8 Å². The Morgan fingerprint density at radius 2 is 0.981 bits per heavy atom. The van der Waals surface area contributed by atoms with E-state index in [-0.39, 0.29) is 0 Å². The first-order valence-corrected chi connectivity index (χ1v) is 17.2. The van der Waals surface area contributed by atoms with Crippen molar-refractivity contribution in [2.24, 2.45) is 0 Å². The molecule has 10 rings (SSSR count). The van der Waals surface area contributed by atoms with Crippen molar-refractivity contribution >= 4 is 32.8 Å². The Morgan fingerprint density at radius 1 is 0.423 bits per heavy atom. The molecule has 244 valence electrons. The number of nitrogens with zero attached hydrogens (tertiary/aromatic N) is 5. The van der Waals surface area contributed by atoms with Gasteiger partial charge in [-0.1, -0.05) is 103 Å². The van der Waals surface area contributed by atoms with Crippen LogP contribution in [-0.2, 0) is 0 Å². The summed E-state index contributed by atoms with van der Waals surface area (Å²) in [5.74, 6) is 1.42. The highest BCUT2D eigenvalue weighted by Crippen LogP contribution is 2.46. The third-order valence-electron chi connectivity index (χ3n) is 9.67. The largest absolute Gasteiger partial charge is 0.455 e. The molecule has 0 spiro atoms. The molecule has 0 aliphatic heterocycles. The topological polar surface area (TPSA) is 69.6 Å². The number of benzene rings is 5. The summed E-state index contributed by atoms with van der Waals surface area (Å²) < 4.78 is 9.14. The summed E-state index contributed by atoms with van der Waals surface area (Å²) in [5, 5.41) is 3.15. The van der Waals surface area contributed by atoms with Crippen LogP contribution < -0.4 is 0 Å². The highest BCUT2D eigenvalue weighted by molar-refractivity contribution is 6.22. The quantitative estimate of drug-likeness (QED) is 0.176. The number of para-hydroxylation sites is 1. The maximum atomic E-state index is 6.98. The number of hydrogen-bond donors (Lipinski definition) is 0. The van der Waals surface area contributed by atoms with Crippen LogP contribution in [0.2, 0.25) is 0 Å². The van der Waals surface area contributed by atoms with E-state index in [1.807, 2.05) is 48.8 Å². The van der Waals surface area contributed by atoms with Gasteiger partial charge in [-0.3, -0.25) is 14.5 Å². The van der Waals surface area contributed by atoms with Crippen molar-refractivity contribution in [3.8, 4) is 62.0 Å². The normalized spacial score (nSPS) is 11.5. The first kappa shape index (κ1) is 29.7. The van der Waals surface area contributed by atoms with Gasteiger partial charge < -0.3 is 4.42 Å². The molecule has 5 heterocycles. The van der Waals surface area contributed by atoms with Crippen molar-refractivity contribution in [2.45, 2.75) is 0 Å². The second-order valence-corrected chi connectivity index (χ2v) is 12.7.